The van der Waals surface area contributed by atoms with Crippen LogP contribution < -0.4 is 5.73 Å². The average Bonchev–Trinajstić information content (AvgIpc) is 2.42. The molecule has 1 rings (SSSR count). The molecule has 1 aromatic rings. The minimum Gasteiger partial charge on any atom is -0.409 e. The maximum Gasteiger partial charge on any atom is 0.163 e. The van der Waals surface area contributed by atoms with E-state index in [1.54, 1.807) is 18.5 Å². The van der Waals surface area contributed by atoms with Crippen LogP contribution in [-0.4, -0.2) is 25.8 Å². The van der Waals surface area contributed by atoms with Gasteiger partial charge >= 0.3 is 0 Å². The second kappa shape index (κ2) is 3.42. The molecule has 0 saturated heterocycles. The molecule has 0 aromatic carbocycles. The van der Waals surface area contributed by atoms with E-state index < -0.39 is 0 Å². The quantitative estimate of drug-likeness (QED) is 0.296. The third kappa shape index (κ3) is 1.77. The van der Waals surface area contributed by atoms with Gasteiger partial charge in [0.05, 0.1) is 0 Å². The number of aromatic nitrogens is 3. The van der Waals surface area contributed by atoms with Gasteiger partial charge in [-0.15, -0.1) is 0 Å². The highest BCUT2D eigenvalue weighted by Crippen LogP contribution is 2.07. The highest BCUT2D eigenvalue weighted by Gasteiger charge is 2.14. The van der Waals surface area contributed by atoms with Crippen LogP contribution in [0.4, 0.5) is 0 Å². The van der Waals surface area contributed by atoms with Gasteiger partial charge in [-0.1, -0.05) is 5.16 Å². The minimum absolute atomic E-state index is 0.119. The van der Waals surface area contributed by atoms with Crippen molar-refractivity contribution in [3.05, 3.63) is 11.6 Å². The zero-order chi connectivity index (χ0) is 10.0. The van der Waals surface area contributed by atoms with Crippen LogP contribution >= 0.6 is 0 Å². The van der Waals surface area contributed by atoms with Gasteiger partial charge in [0.15, 0.2) is 5.84 Å². The molecule has 0 aliphatic rings. The van der Waals surface area contributed by atoms with Gasteiger partial charge in [0.25, 0.3) is 0 Å². The summed E-state index contributed by atoms with van der Waals surface area (Å²) in [6.45, 7) is 5.40. The van der Waals surface area contributed by atoms with E-state index in [-0.39, 0.29) is 11.9 Å². The van der Waals surface area contributed by atoms with Crippen LogP contribution in [0, 0.1) is 13.8 Å². The van der Waals surface area contributed by atoms with Gasteiger partial charge in [0, 0.05) is 0 Å². The van der Waals surface area contributed by atoms with E-state index in [1.807, 2.05) is 6.92 Å². The lowest BCUT2D eigenvalue weighted by atomic mass is 10.3. The van der Waals surface area contributed by atoms with Crippen LogP contribution in [0.3, 0.4) is 0 Å². The SMILES string of the molecule is Cc1nc(C)n(C(C)/C(N)=N/O)n1. The zero-order valence-corrected chi connectivity index (χ0v) is 7.89. The smallest absolute Gasteiger partial charge is 0.163 e. The van der Waals surface area contributed by atoms with E-state index >= 15 is 0 Å². The molecule has 1 heterocycles. The molecule has 1 aromatic heterocycles. The third-order valence-electron chi connectivity index (χ3n) is 1.82. The van der Waals surface area contributed by atoms with Gasteiger partial charge in [-0.05, 0) is 20.8 Å². The average molecular weight is 183 g/mol. The summed E-state index contributed by atoms with van der Waals surface area (Å²) in [5, 5.41) is 15.5. The van der Waals surface area contributed by atoms with Gasteiger partial charge in [-0.25, -0.2) is 9.67 Å². The van der Waals surface area contributed by atoms with Crippen molar-refractivity contribution in [2.45, 2.75) is 26.8 Å². The van der Waals surface area contributed by atoms with E-state index in [2.05, 4.69) is 15.2 Å². The van der Waals surface area contributed by atoms with Crippen molar-refractivity contribution in [1.29, 1.82) is 0 Å². The first kappa shape index (κ1) is 9.50. The van der Waals surface area contributed by atoms with Gasteiger partial charge < -0.3 is 10.9 Å². The minimum atomic E-state index is -0.272. The molecule has 0 radical (unpaired) electrons. The van der Waals surface area contributed by atoms with Crippen molar-refractivity contribution < 1.29 is 5.21 Å². The number of aryl methyl sites for hydroxylation is 2. The largest absolute Gasteiger partial charge is 0.409 e. The Labute approximate surface area is 76.1 Å². The standard InChI is InChI=1S/C7H13N5O/c1-4(7(8)11-13)12-6(3)9-5(2)10-12/h4,13H,1-3H3,(H2,8,11). The first-order valence-electron chi connectivity index (χ1n) is 3.93. The lowest BCUT2D eigenvalue weighted by Gasteiger charge is -2.10. The fourth-order valence-electron chi connectivity index (χ4n) is 1.11. The molecule has 0 aliphatic heterocycles. The molecule has 0 aliphatic carbocycles. The summed E-state index contributed by atoms with van der Waals surface area (Å²) in [6, 6.07) is -0.272. The summed E-state index contributed by atoms with van der Waals surface area (Å²) in [5.74, 6) is 1.54. The van der Waals surface area contributed by atoms with E-state index in [0.717, 1.165) is 5.82 Å². The molecule has 1 unspecified atom stereocenters. The molecule has 0 bridgehead atoms. The van der Waals surface area contributed by atoms with Crippen molar-refractivity contribution in [1.82, 2.24) is 14.8 Å². The fourth-order valence-corrected chi connectivity index (χ4v) is 1.11. The molecule has 13 heavy (non-hydrogen) atoms. The highest BCUT2D eigenvalue weighted by molar-refractivity contribution is 5.83. The Kier molecular flexibility index (Phi) is 2.50. The summed E-state index contributed by atoms with van der Waals surface area (Å²) < 4.78 is 1.62. The Bertz CT molecular complexity index is 330. The Hall–Kier alpha value is -1.59. The second-order valence-corrected chi connectivity index (χ2v) is 2.85. The van der Waals surface area contributed by atoms with E-state index in [4.69, 9.17) is 10.9 Å². The van der Waals surface area contributed by atoms with Crippen LogP contribution in [-0.2, 0) is 0 Å². The predicted molar refractivity (Wildman–Crippen MR) is 47.6 cm³/mol. The molecule has 0 spiro atoms. The molecule has 0 saturated carbocycles. The number of hydrogen-bond donors (Lipinski definition) is 2. The number of oxime groups is 1. The van der Waals surface area contributed by atoms with E-state index in [1.165, 1.54) is 0 Å². The number of rotatable bonds is 2. The van der Waals surface area contributed by atoms with Crippen LogP contribution in [0.2, 0.25) is 0 Å². The molecule has 6 nitrogen and oxygen atoms in total. The Morgan fingerprint density at radius 2 is 2.23 bits per heavy atom. The molecule has 1 atom stereocenters. The maximum atomic E-state index is 8.47. The normalized spacial score (nSPS) is 14.5. The summed E-state index contributed by atoms with van der Waals surface area (Å²) >= 11 is 0. The van der Waals surface area contributed by atoms with Crippen molar-refractivity contribution in [3.63, 3.8) is 0 Å². The molecule has 0 amide bonds. The first-order chi connectivity index (χ1) is 6.06. The number of nitrogens with two attached hydrogens (primary N) is 1. The molecule has 72 valence electrons. The Balaban J connectivity index is 3.01. The Morgan fingerprint density at radius 1 is 1.62 bits per heavy atom. The van der Waals surface area contributed by atoms with E-state index in [9.17, 15) is 0 Å². The van der Waals surface area contributed by atoms with Crippen LogP contribution in [0.1, 0.15) is 24.6 Å². The molecular weight excluding hydrogens is 170 g/mol. The lowest BCUT2D eigenvalue weighted by molar-refractivity contribution is 0.313. The fraction of sp³-hybridized carbons (Fsp3) is 0.571. The third-order valence-corrected chi connectivity index (χ3v) is 1.82. The molecule has 3 N–H and O–H groups in total. The van der Waals surface area contributed by atoms with Gasteiger partial charge in [-0.2, -0.15) is 5.10 Å². The number of hydrogen-bond acceptors (Lipinski definition) is 4. The van der Waals surface area contributed by atoms with Crippen LogP contribution in [0.25, 0.3) is 0 Å². The maximum absolute atomic E-state index is 8.47. The molecular formula is C7H13N5O. The summed E-state index contributed by atoms with van der Waals surface area (Å²) in [7, 11) is 0. The monoisotopic (exact) mass is 183 g/mol. The van der Waals surface area contributed by atoms with Crippen LogP contribution in [0.5, 0.6) is 0 Å². The highest BCUT2D eigenvalue weighted by atomic mass is 16.4. The van der Waals surface area contributed by atoms with Gasteiger partial charge in [0.2, 0.25) is 0 Å². The topological polar surface area (TPSA) is 89.3 Å². The Morgan fingerprint density at radius 3 is 2.62 bits per heavy atom. The predicted octanol–water partition coefficient (Wildman–Crippen LogP) is 0.202. The summed E-state index contributed by atoms with van der Waals surface area (Å²) in [4.78, 5) is 4.11. The van der Waals surface area contributed by atoms with Crippen molar-refractivity contribution in [2.75, 3.05) is 0 Å². The lowest BCUT2D eigenvalue weighted by Crippen LogP contribution is -2.26. The van der Waals surface area contributed by atoms with Crippen molar-refractivity contribution in [3.8, 4) is 0 Å². The summed E-state index contributed by atoms with van der Waals surface area (Å²) in [5.41, 5.74) is 5.44. The second-order valence-electron chi connectivity index (χ2n) is 2.85. The van der Waals surface area contributed by atoms with Gasteiger partial charge in [0.1, 0.15) is 17.7 Å². The van der Waals surface area contributed by atoms with Crippen LogP contribution in [0.15, 0.2) is 5.16 Å². The van der Waals surface area contributed by atoms with Crippen molar-refractivity contribution >= 4 is 5.84 Å². The van der Waals surface area contributed by atoms with Crippen molar-refractivity contribution in [2.24, 2.45) is 10.9 Å². The zero-order valence-electron chi connectivity index (χ0n) is 7.89. The first-order valence-corrected chi connectivity index (χ1v) is 3.93. The molecule has 6 heteroatoms. The number of amidine groups is 1. The van der Waals surface area contributed by atoms with Gasteiger partial charge in [-0.3, -0.25) is 0 Å². The molecule has 0 fully saturated rings. The van der Waals surface area contributed by atoms with E-state index in [0.29, 0.717) is 5.82 Å². The number of nitrogens with zero attached hydrogens (tertiary/aromatic N) is 4. The summed E-state index contributed by atoms with van der Waals surface area (Å²) in [6.07, 6.45) is 0.